The summed E-state index contributed by atoms with van der Waals surface area (Å²) in [7, 11) is 0. The smallest absolute Gasteiger partial charge is 0.0610 e. The molecule has 1 aliphatic rings. The van der Waals surface area contributed by atoms with Gasteiger partial charge in [-0.15, -0.1) is 0 Å². The molecule has 166 valence electrons. The Bertz CT molecular complexity index is 1030. The molecule has 2 heteroatoms. The molecule has 2 nitrogen and oxygen atoms in total. The third kappa shape index (κ3) is 5.03. The number of hydrogen-bond acceptors (Lipinski definition) is 2. The monoisotopic (exact) mass is 425 g/mol. The highest BCUT2D eigenvalue weighted by molar-refractivity contribution is 5.80. The zero-order valence-corrected chi connectivity index (χ0v) is 19.4. The van der Waals surface area contributed by atoms with E-state index in [9.17, 15) is 0 Å². The van der Waals surface area contributed by atoms with Crippen LogP contribution < -0.4 is 5.32 Å². The maximum absolute atomic E-state index is 6.08. The van der Waals surface area contributed by atoms with E-state index in [1.165, 1.54) is 33.4 Å². The van der Waals surface area contributed by atoms with Gasteiger partial charge in [-0.1, -0.05) is 91.9 Å². The van der Waals surface area contributed by atoms with Crippen molar-refractivity contribution in [2.24, 2.45) is 0 Å². The van der Waals surface area contributed by atoms with E-state index in [2.05, 4.69) is 104 Å². The van der Waals surface area contributed by atoms with Gasteiger partial charge >= 0.3 is 0 Å². The molecular formula is C30H35NO. The highest BCUT2D eigenvalue weighted by Gasteiger charge is 2.39. The molecule has 32 heavy (non-hydrogen) atoms. The molecule has 0 radical (unpaired) electrons. The van der Waals surface area contributed by atoms with Crippen molar-refractivity contribution < 1.29 is 4.74 Å². The van der Waals surface area contributed by atoms with Crippen LogP contribution in [0.5, 0.6) is 0 Å². The highest BCUT2D eigenvalue weighted by atomic mass is 16.5. The van der Waals surface area contributed by atoms with Gasteiger partial charge in [0.2, 0.25) is 0 Å². The van der Waals surface area contributed by atoms with Crippen LogP contribution in [-0.4, -0.2) is 26.3 Å². The summed E-state index contributed by atoms with van der Waals surface area (Å²) in [6.45, 7) is 7.68. The fraction of sp³-hybridized carbons (Fsp3) is 0.333. The van der Waals surface area contributed by atoms with Crippen molar-refractivity contribution in [2.75, 3.05) is 26.3 Å². The van der Waals surface area contributed by atoms with E-state index in [1.54, 1.807) is 0 Å². The summed E-state index contributed by atoms with van der Waals surface area (Å²) in [5.41, 5.74) is 8.25. The second-order valence-corrected chi connectivity index (χ2v) is 8.80. The molecule has 1 N–H and O–H groups in total. The van der Waals surface area contributed by atoms with Crippen LogP contribution in [0, 0.1) is 0 Å². The Kier molecular flexibility index (Phi) is 7.57. The van der Waals surface area contributed by atoms with Crippen LogP contribution in [0.1, 0.15) is 48.1 Å². The largest absolute Gasteiger partial charge is 0.380 e. The zero-order valence-electron chi connectivity index (χ0n) is 19.4. The van der Waals surface area contributed by atoms with Gasteiger partial charge in [-0.3, -0.25) is 0 Å². The standard InChI is InChI=1S/C30H35NO/c1-3-18-31-22-30(23-32-4-2)21-27(20-25-14-9-6-10-15-25)29-26(16-11-17-28(29)30)19-24-12-7-5-8-13-24/h5-17,21,31H,3-4,18-20,22-23H2,1-2H3. The summed E-state index contributed by atoms with van der Waals surface area (Å²) >= 11 is 0. The summed E-state index contributed by atoms with van der Waals surface area (Å²) < 4.78 is 6.08. The van der Waals surface area contributed by atoms with Gasteiger partial charge in [0, 0.05) is 13.2 Å². The normalized spacial score (nSPS) is 17.2. The zero-order chi connectivity index (χ0) is 22.2. The lowest BCUT2D eigenvalue weighted by atomic mass is 9.81. The second-order valence-electron chi connectivity index (χ2n) is 8.80. The highest BCUT2D eigenvalue weighted by Crippen LogP contribution is 2.44. The van der Waals surface area contributed by atoms with Gasteiger partial charge in [0.25, 0.3) is 0 Å². The Balaban J connectivity index is 1.78. The van der Waals surface area contributed by atoms with Crippen molar-refractivity contribution >= 4 is 5.57 Å². The molecule has 0 aliphatic heterocycles. The van der Waals surface area contributed by atoms with E-state index in [0.29, 0.717) is 6.61 Å². The second kappa shape index (κ2) is 10.8. The minimum atomic E-state index is -0.128. The first-order valence-corrected chi connectivity index (χ1v) is 12.0. The Morgan fingerprint density at radius 1 is 0.781 bits per heavy atom. The fourth-order valence-corrected chi connectivity index (χ4v) is 4.89. The van der Waals surface area contributed by atoms with Crippen molar-refractivity contribution in [2.45, 2.75) is 38.5 Å². The van der Waals surface area contributed by atoms with Crippen molar-refractivity contribution in [3.8, 4) is 0 Å². The van der Waals surface area contributed by atoms with Crippen molar-refractivity contribution in [1.82, 2.24) is 5.32 Å². The van der Waals surface area contributed by atoms with Crippen LogP contribution in [0.2, 0.25) is 0 Å². The van der Waals surface area contributed by atoms with E-state index in [4.69, 9.17) is 4.74 Å². The summed E-state index contributed by atoms with van der Waals surface area (Å²) in [5.74, 6) is 0. The molecule has 0 amide bonds. The lowest BCUT2D eigenvalue weighted by Crippen LogP contribution is -2.40. The van der Waals surface area contributed by atoms with E-state index >= 15 is 0 Å². The van der Waals surface area contributed by atoms with Gasteiger partial charge in [0.05, 0.1) is 12.0 Å². The average molecular weight is 426 g/mol. The van der Waals surface area contributed by atoms with E-state index < -0.39 is 0 Å². The summed E-state index contributed by atoms with van der Waals surface area (Å²) in [6, 6.07) is 28.5. The Hall–Kier alpha value is -2.68. The van der Waals surface area contributed by atoms with Crippen molar-refractivity contribution in [3.63, 3.8) is 0 Å². The molecule has 0 heterocycles. The molecule has 0 aromatic heterocycles. The van der Waals surface area contributed by atoms with Crippen LogP contribution in [0.15, 0.2) is 84.9 Å². The number of allylic oxidation sites excluding steroid dienone is 1. The van der Waals surface area contributed by atoms with Crippen LogP contribution >= 0.6 is 0 Å². The average Bonchev–Trinajstić information content (AvgIpc) is 3.13. The first-order valence-electron chi connectivity index (χ1n) is 12.0. The third-order valence-electron chi connectivity index (χ3n) is 6.36. The predicted octanol–water partition coefficient (Wildman–Crippen LogP) is 6.19. The first-order chi connectivity index (χ1) is 15.8. The van der Waals surface area contributed by atoms with Gasteiger partial charge in [-0.25, -0.2) is 0 Å². The van der Waals surface area contributed by atoms with Gasteiger partial charge < -0.3 is 10.1 Å². The van der Waals surface area contributed by atoms with Crippen LogP contribution in [0.25, 0.3) is 5.57 Å². The molecule has 1 atom stereocenters. The number of ether oxygens (including phenoxy) is 1. The van der Waals surface area contributed by atoms with Crippen molar-refractivity contribution in [3.05, 3.63) is 113 Å². The lowest BCUT2D eigenvalue weighted by molar-refractivity contribution is 0.109. The molecule has 0 saturated heterocycles. The van der Waals surface area contributed by atoms with Crippen LogP contribution in [0.4, 0.5) is 0 Å². The summed E-state index contributed by atoms with van der Waals surface area (Å²) in [4.78, 5) is 0. The van der Waals surface area contributed by atoms with Gasteiger partial charge in [0.1, 0.15) is 0 Å². The van der Waals surface area contributed by atoms with Gasteiger partial charge in [-0.05, 0) is 66.1 Å². The van der Waals surface area contributed by atoms with E-state index in [0.717, 1.165) is 39.0 Å². The molecule has 0 saturated carbocycles. The molecule has 3 aromatic carbocycles. The summed E-state index contributed by atoms with van der Waals surface area (Å²) in [6.07, 6.45) is 5.54. The van der Waals surface area contributed by atoms with E-state index in [1.807, 2.05) is 0 Å². The third-order valence-corrected chi connectivity index (χ3v) is 6.36. The molecule has 1 unspecified atom stereocenters. The molecule has 0 fully saturated rings. The molecular weight excluding hydrogens is 390 g/mol. The summed E-state index contributed by atoms with van der Waals surface area (Å²) in [5, 5.41) is 3.70. The molecule has 1 aliphatic carbocycles. The Morgan fingerprint density at radius 2 is 1.47 bits per heavy atom. The number of hydrogen-bond donors (Lipinski definition) is 1. The maximum Gasteiger partial charge on any atom is 0.0610 e. The Labute approximate surface area is 193 Å². The minimum absolute atomic E-state index is 0.128. The van der Waals surface area contributed by atoms with Crippen LogP contribution in [-0.2, 0) is 23.0 Å². The minimum Gasteiger partial charge on any atom is -0.380 e. The molecule has 4 rings (SSSR count). The molecule has 0 spiro atoms. The topological polar surface area (TPSA) is 21.3 Å². The van der Waals surface area contributed by atoms with Crippen molar-refractivity contribution in [1.29, 1.82) is 0 Å². The predicted molar refractivity (Wildman–Crippen MR) is 135 cm³/mol. The van der Waals surface area contributed by atoms with E-state index in [-0.39, 0.29) is 5.41 Å². The van der Waals surface area contributed by atoms with Gasteiger partial charge in [-0.2, -0.15) is 0 Å². The number of fused-ring (bicyclic) bond motifs is 1. The molecule has 0 bridgehead atoms. The maximum atomic E-state index is 6.08. The quantitative estimate of drug-likeness (QED) is 0.370. The Morgan fingerprint density at radius 3 is 2.12 bits per heavy atom. The number of benzene rings is 3. The first kappa shape index (κ1) is 22.5. The SMILES string of the molecule is CCCNCC1(COCC)C=C(Cc2ccccc2)c2c(Cc3ccccc3)cccc21. The lowest BCUT2D eigenvalue weighted by Gasteiger charge is -2.30. The fourth-order valence-electron chi connectivity index (χ4n) is 4.89. The number of nitrogens with one attached hydrogen (secondary N) is 1. The molecule has 3 aromatic rings. The van der Waals surface area contributed by atoms with Gasteiger partial charge in [0.15, 0.2) is 0 Å². The van der Waals surface area contributed by atoms with Crippen LogP contribution in [0.3, 0.4) is 0 Å². The number of rotatable bonds is 11.